The second-order valence-electron chi connectivity index (χ2n) is 6.87. The molecule has 0 amide bonds. The molecule has 7 heteroatoms. The van der Waals surface area contributed by atoms with Gasteiger partial charge in [-0.1, -0.05) is 6.92 Å². The van der Waals surface area contributed by atoms with Crippen LogP contribution in [-0.2, 0) is 14.2 Å². The highest BCUT2D eigenvalue weighted by Crippen LogP contribution is 2.40. The van der Waals surface area contributed by atoms with Gasteiger partial charge in [0.05, 0.1) is 5.60 Å². The Kier molecular flexibility index (Phi) is 3.50. The van der Waals surface area contributed by atoms with Crippen LogP contribution < -0.4 is 10.4 Å². The maximum absolute atomic E-state index is 11.6. The summed E-state index contributed by atoms with van der Waals surface area (Å²) in [7, 11) is 0. The van der Waals surface area contributed by atoms with Gasteiger partial charge in [-0.3, -0.25) is 0 Å². The Morgan fingerprint density at radius 2 is 1.80 bits per heavy atom. The Bertz CT molecular complexity index is 884. The first-order valence-electron chi connectivity index (χ1n) is 8.09. The zero-order chi connectivity index (χ0) is 17.8. The molecule has 2 aliphatic heterocycles. The van der Waals surface area contributed by atoms with Crippen LogP contribution in [0.5, 0.6) is 5.75 Å². The van der Waals surface area contributed by atoms with Crippen molar-refractivity contribution in [1.29, 1.82) is 0 Å². The van der Waals surface area contributed by atoms with Crippen molar-refractivity contribution < 1.29 is 28.2 Å². The summed E-state index contributed by atoms with van der Waals surface area (Å²) in [6, 6.07) is 8.06. The standard InChI is InChI=1S/C18H18O7/c1-9-14-15(24-17(20)23-14)16(25-18(9,2)3)21-11-5-6-12-10(8-11)4-7-13(19)22-12/h4-9,14-16H,1-3H3/t9-,14+,15+,16?/m1/s1. The fraction of sp³-hybridized carbons (Fsp3) is 0.444. The minimum absolute atomic E-state index is 0.0466. The highest BCUT2D eigenvalue weighted by atomic mass is 16.8. The molecule has 1 aromatic heterocycles. The van der Waals surface area contributed by atoms with Crippen LogP contribution in [0.3, 0.4) is 0 Å². The van der Waals surface area contributed by atoms with Crippen LogP contribution in [0.4, 0.5) is 4.79 Å². The molecule has 1 unspecified atom stereocenters. The molecule has 2 saturated heterocycles. The van der Waals surface area contributed by atoms with E-state index in [0.717, 1.165) is 5.39 Å². The number of carbonyl (C=O) groups is 1. The van der Waals surface area contributed by atoms with Crippen molar-refractivity contribution in [2.24, 2.45) is 5.92 Å². The van der Waals surface area contributed by atoms with E-state index in [1.54, 1.807) is 24.3 Å². The van der Waals surface area contributed by atoms with Crippen molar-refractivity contribution in [3.05, 3.63) is 40.8 Å². The number of ether oxygens (including phenoxy) is 4. The minimum atomic E-state index is -0.796. The van der Waals surface area contributed by atoms with Crippen molar-refractivity contribution in [3.63, 3.8) is 0 Å². The third-order valence-electron chi connectivity index (χ3n) is 4.91. The minimum Gasteiger partial charge on any atom is -0.461 e. The number of hydrogen-bond acceptors (Lipinski definition) is 7. The van der Waals surface area contributed by atoms with Crippen LogP contribution in [0.15, 0.2) is 39.5 Å². The van der Waals surface area contributed by atoms with E-state index in [1.165, 1.54) is 6.07 Å². The number of benzene rings is 1. The van der Waals surface area contributed by atoms with E-state index < -0.39 is 35.9 Å². The molecular weight excluding hydrogens is 328 g/mol. The maximum Gasteiger partial charge on any atom is 0.509 e. The summed E-state index contributed by atoms with van der Waals surface area (Å²) in [6.07, 6.45) is -2.58. The molecular formula is C18H18O7. The number of carbonyl (C=O) groups excluding carboxylic acids is 1. The zero-order valence-electron chi connectivity index (χ0n) is 14.1. The molecule has 2 aliphatic rings. The molecule has 2 aromatic rings. The molecule has 3 heterocycles. The average molecular weight is 346 g/mol. The molecule has 4 rings (SSSR count). The summed E-state index contributed by atoms with van der Waals surface area (Å²) in [6.45, 7) is 5.80. The largest absolute Gasteiger partial charge is 0.509 e. The van der Waals surface area contributed by atoms with Crippen LogP contribution in [0, 0.1) is 5.92 Å². The van der Waals surface area contributed by atoms with Gasteiger partial charge in [-0.05, 0) is 38.1 Å². The molecule has 0 bridgehead atoms. The lowest BCUT2D eigenvalue weighted by Gasteiger charge is -2.44. The number of hydrogen-bond donors (Lipinski definition) is 0. The van der Waals surface area contributed by atoms with Crippen molar-refractivity contribution >= 4 is 17.1 Å². The van der Waals surface area contributed by atoms with E-state index in [-0.39, 0.29) is 5.92 Å². The molecule has 0 N–H and O–H groups in total. The van der Waals surface area contributed by atoms with Gasteiger partial charge in [0.15, 0.2) is 6.10 Å². The molecule has 0 radical (unpaired) electrons. The van der Waals surface area contributed by atoms with E-state index in [1.807, 2.05) is 20.8 Å². The number of rotatable bonds is 2. The monoisotopic (exact) mass is 346 g/mol. The summed E-state index contributed by atoms with van der Waals surface area (Å²) in [5.41, 5.74) is -0.499. The van der Waals surface area contributed by atoms with Gasteiger partial charge in [-0.15, -0.1) is 0 Å². The summed E-state index contributed by atoms with van der Waals surface area (Å²) in [4.78, 5) is 22.8. The van der Waals surface area contributed by atoms with Crippen LogP contribution in [-0.4, -0.2) is 30.3 Å². The van der Waals surface area contributed by atoms with Gasteiger partial charge < -0.3 is 23.4 Å². The normalized spacial score (nSPS) is 30.4. The summed E-state index contributed by atoms with van der Waals surface area (Å²) >= 11 is 0. The highest BCUT2D eigenvalue weighted by molar-refractivity contribution is 5.77. The van der Waals surface area contributed by atoms with Gasteiger partial charge in [-0.2, -0.15) is 0 Å². The Morgan fingerprint density at radius 1 is 1.04 bits per heavy atom. The third-order valence-corrected chi connectivity index (χ3v) is 4.91. The van der Waals surface area contributed by atoms with E-state index in [9.17, 15) is 9.59 Å². The van der Waals surface area contributed by atoms with Crippen LogP contribution in [0.2, 0.25) is 0 Å². The number of fused-ring (bicyclic) bond motifs is 2. The van der Waals surface area contributed by atoms with Gasteiger partial charge in [-0.25, -0.2) is 9.59 Å². The van der Waals surface area contributed by atoms with Gasteiger partial charge in [0, 0.05) is 17.4 Å². The van der Waals surface area contributed by atoms with Gasteiger partial charge >= 0.3 is 11.8 Å². The molecule has 1 aromatic carbocycles. The Labute approximate surface area is 143 Å². The van der Waals surface area contributed by atoms with E-state index in [0.29, 0.717) is 11.3 Å². The third kappa shape index (κ3) is 2.74. The molecule has 7 nitrogen and oxygen atoms in total. The van der Waals surface area contributed by atoms with Crippen molar-refractivity contribution in [3.8, 4) is 5.75 Å². The van der Waals surface area contributed by atoms with E-state index >= 15 is 0 Å². The van der Waals surface area contributed by atoms with Crippen LogP contribution in [0.1, 0.15) is 20.8 Å². The molecule has 4 atom stereocenters. The van der Waals surface area contributed by atoms with Gasteiger partial charge in [0.2, 0.25) is 12.4 Å². The quantitative estimate of drug-likeness (QED) is 0.610. The summed E-state index contributed by atoms with van der Waals surface area (Å²) < 4.78 is 27.6. The van der Waals surface area contributed by atoms with Gasteiger partial charge in [0.25, 0.3) is 0 Å². The second-order valence-corrected chi connectivity index (χ2v) is 6.87. The Hall–Kier alpha value is -2.54. The first-order valence-corrected chi connectivity index (χ1v) is 8.09. The fourth-order valence-electron chi connectivity index (χ4n) is 3.20. The molecule has 2 fully saturated rings. The van der Waals surface area contributed by atoms with E-state index in [4.69, 9.17) is 23.4 Å². The molecule has 0 spiro atoms. The SMILES string of the molecule is C[C@@H]1[C@@H]2OC(=O)O[C@@H]2C(Oc2ccc3oc(=O)ccc3c2)OC1(C)C. The van der Waals surface area contributed by atoms with Crippen LogP contribution >= 0.6 is 0 Å². The lowest BCUT2D eigenvalue weighted by atomic mass is 9.82. The molecule has 132 valence electrons. The molecule has 0 aliphatic carbocycles. The van der Waals surface area contributed by atoms with Crippen molar-refractivity contribution in [2.75, 3.05) is 0 Å². The second kappa shape index (κ2) is 5.49. The van der Waals surface area contributed by atoms with Crippen molar-refractivity contribution in [2.45, 2.75) is 44.9 Å². The fourth-order valence-corrected chi connectivity index (χ4v) is 3.20. The maximum atomic E-state index is 11.6. The first-order chi connectivity index (χ1) is 11.8. The lowest BCUT2D eigenvalue weighted by Crippen LogP contribution is -2.58. The van der Waals surface area contributed by atoms with Gasteiger partial charge in [0.1, 0.15) is 11.3 Å². The topological polar surface area (TPSA) is 84.2 Å². The summed E-state index contributed by atoms with van der Waals surface area (Å²) in [5, 5.41) is 0.719. The molecule has 25 heavy (non-hydrogen) atoms. The zero-order valence-corrected chi connectivity index (χ0v) is 14.1. The Morgan fingerprint density at radius 3 is 2.60 bits per heavy atom. The Balaban J connectivity index is 1.63. The summed E-state index contributed by atoms with van der Waals surface area (Å²) in [5.74, 6) is 0.466. The van der Waals surface area contributed by atoms with Crippen molar-refractivity contribution in [1.82, 2.24) is 0 Å². The van der Waals surface area contributed by atoms with Crippen LogP contribution in [0.25, 0.3) is 11.0 Å². The highest BCUT2D eigenvalue weighted by Gasteiger charge is 2.56. The predicted molar refractivity (Wildman–Crippen MR) is 86.4 cm³/mol. The lowest BCUT2D eigenvalue weighted by molar-refractivity contribution is -0.260. The smallest absolute Gasteiger partial charge is 0.461 e. The predicted octanol–water partition coefficient (Wildman–Crippen LogP) is 2.85. The first kappa shape index (κ1) is 16.0. The molecule has 0 saturated carbocycles. The van der Waals surface area contributed by atoms with E-state index in [2.05, 4.69) is 0 Å². The average Bonchev–Trinajstić information content (AvgIpc) is 2.94.